The SMILES string of the molecule is CCOc1ccc(/C=C2/N=C(c3ccc(N4CCCC4=O)cc3)OC2=O)cc1OC. The van der Waals surface area contributed by atoms with Crippen molar-refractivity contribution in [1.29, 1.82) is 0 Å². The number of amides is 1. The minimum atomic E-state index is -0.517. The van der Waals surface area contributed by atoms with Gasteiger partial charge in [-0.05, 0) is 61.4 Å². The van der Waals surface area contributed by atoms with Crippen molar-refractivity contribution in [1.82, 2.24) is 0 Å². The number of rotatable bonds is 6. The van der Waals surface area contributed by atoms with Crippen molar-refractivity contribution in [3.05, 3.63) is 59.3 Å². The average molecular weight is 406 g/mol. The Kier molecular flexibility index (Phi) is 5.52. The van der Waals surface area contributed by atoms with Gasteiger partial charge in [-0.25, -0.2) is 9.79 Å². The smallest absolute Gasteiger partial charge is 0.363 e. The van der Waals surface area contributed by atoms with Crippen LogP contribution in [0.25, 0.3) is 6.08 Å². The van der Waals surface area contributed by atoms with E-state index in [4.69, 9.17) is 14.2 Å². The number of benzene rings is 2. The number of ether oxygens (including phenoxy) is 3. The van der Waals surface area contributed by atoms with E-state index in [0.29, 0.717) is 30.1 Å². The molecule has 2 aromatic carbocycles. The number of aliphatic imine (C=N–C) groups is 1. The van der Waals surface area contributed by atoms with Gasteiger partial charge in [0.05, 0.1) is 13.7 Å². The molecule has 2 aromatic rings. The van der Waals surface area contributed by atoms with Crippen LogP contribution >= 0.6 is 0 Å². The molecule has 1 saturated heterocycles. The zero-order chi connectivity index (χ0) is 21.1. The summed E-state index contributed by atoms with van der Waals surface area (Å²) in [6, 6.07) is 12.7. The summed E-state index contributed by atoms with van der Waals surface area (Å²) in [7, 11) is 1.56. The fourth-order valence-corrected chi connectivity index (χ4v) is 3.44. The summed E-state index contributed by atoms with van der Waals surface area (Å²) >= 11 is 0. The molecule has 4 rings (SSSR count). The molecule has 0 bridgehead atoms. The summed E-state index contributed by atoms with van der Waals surface area (Å²) in [5, 5.41) is 0. The Hall–Kier alpha value is -3.61. The van der Waals surface area contributed by atoms with Crippen LogP contribution in [0.4, 0.5) is 5.69 Å². The molecule has 0 aliphatic carbocycles. The first-order valence-electron chi connectivity index (χ1n) is 9.83. The van der Waals surface area contributed by atoms with E-state index < -0.39 is 5.97 Å². The number of esters is 1. The van der Waals surface area contributed by atoms with Crippen molar-refractivity contribution in [3.8, 4) is 11.5 Å². The number of carbonyl (C=O) groups is 2. The molecular weight excluding hydrogens is 384 g/mol. The van der Waals surface area contributed by atoms with Crippen molar-refractivity contribution in [2.24, 2.45) is 4.99 Å². The Bertz CT molecular complexity index is 1040. The monoisotopic (exact) mass is 406 g/mol. The van der Waals surface area contributed by atoms with Crippen molar-refractivity contribution < 1.29 is 23.8 Å². The Balaban J connectivity index is 1.56. The third-order valence-corrected chi connectivity index (χ3v) is 4.91. The molecule has 0 atom stereocenters. The van der Waals surface area contributed by atoms with Gasteiger partial charge < -0.3 is 19.1 Å². The molecule has 0 spiro atoms. The Morgan fingerprint density at radius 2 is 1.93 bits per heavy atom. The fraction of sp³-hybridized carbons (Fsp3) is 0.261. The van der Waals surface area contributed by atoms with Crippen molar-refractivity contribution in [2.75, 3.05) is 25.2 Å². The summed E-state index contributed by atoms with van der Waals surface area (Å²) in [6.45, 7) is 3.16. The van der Waals surface area contributed by atoms with Crippen LogP contribution in [0.15, 0.2) is 53.2 Å². The lowest BCUT2D eigenvalue weighted by Crippen LogP contribution is -2.23. The van der Waals surface area contributed by atoms with Crippen LogP contribution in [0.5, 0.6) is 11.5 Å². The molecule has 2 aliphatic rings. The highest BCUT2D eigenvalue weighted by molar-refractivity contribution is 6.13. The van der Waals surface area contributed by atoms with Gasteiger partial charge in [0.2, 0.25) is 11.8 Å². The summed E-state index contributed by atoms with van der Waals surface area (Å²) in [6.07, 6.45) is 3.09. The standard InChI is InChI=1S/C23H22N2O5/c1-3-29-19-11-6-15(14-20(19)28-2)13-18-23(27)30-22(24-18)16-7-9-17(10-8-16)25-12-4-5-21(25)26/h6-11,13-14H,3-5,12H2,1-2H3/b18-13+. The van der Waals surface area contributed by atoms with Gasteiger partial charge in [-0.15, -0.1) is 0 Å². The van der Waals surface area contributed by atoms with Crippen molar-refractivity contribution in [3.63, 3.8) is 0 Å². The molecule has 0 unspecified atom stereocenters. The molecule has 0 N–H and O–H groups in total. The second kappa shape index (κ2) is 8.41. The number of nitrogens with zero attached hydrogens (tertiary/aromatic N) is 2. The van der Waals surface area contributed by atoms with Crippen molar-refractivity contribution in [2.45, 2.75) is 19.8 Å². The first-order valence-corrected chi connectivity index (χ1v) is 9.83. The van der Waals surface area contributed by atoms with Gasteiger partial charge in [-0.1, -0.05) is 6.07 Å². The lowest BCUT2D eigenvalue weighted by Gasteiger charge is -2.15. The molecule has 1 fully saturated rings. The lowest BCUT2D eigenvalue weighted by molar-refractivity contribution is -0.130. The largest absolute Gasteiger partial charge is 0.493 e. The third kappa shape index (κ3) is 3.91. The number of methoxy groups -OCH3 is 1. The highest BCUT2D eigenvalue weighted by Crippen LogP contribution is 2.30. The maximum Gasteiger partial charge on any atom is 0.363 e. The molecule has 2 heterocycles. The van der Waals surface area contributed by atoms with Gasteiger partial charge in [0, 0.05) is 24.2 Å². The number of anilines is 1. The fourth-order valence-electron chi connectivity index (χ4n) is 3.44. The van der Waals surface area contributed by atoms with E-state index in [1.165, 1.54) is 0 Å². The molecule has 30 heavy (non-hydrogen) atoms. The summed E-state index contributed by atoms with van der Waals surface area (Å²) in [5.74, 6) is 1.06. The normalized spacial score (nSPS) is 17.3. The van der Waals surface area contributed by atoms with E-state index >= 15 is 0 Å². The number of carbonyl (C=O) groups excluding carboxylic acids is 2. The van der Waals surface area contributed by atoms with Crippen LogP contribution in [0, 0.1) is 0 Å². The van der Waals surface area contributed by atoms with E-state index in [1.54, 1.807) is 42.4 Å². The molecule has 7 nitrogen and oxygen atoms in total. The minimum absolute atomic E-state index is 0.128. The second-order valence-electron chi connectivity index (χ2n) is 6.88. The van der Waals surface area contributed by atoms with Crippen LogP contribution in [0.2, 0.25) is 0 Å². The molecule has 0 radical (unpaired) electrons. The Labute approximate surface area is 174 Å². The van der Waals surface area contributed by atoms with Crippen LogP contribution in [-0.2, 0) is 14.3 Å². The van der Waals surface area contributed by atoms with Crippen LogP contribution in [-0.4, -0.2) is 38.0 Å². The predicted octanol–water partition coefficient (Wildman–Crippen LogP) is 3.57. The number of hydrogen-bond acceptors (Lipinski definition) is 6. The zero-order valence-electron chi connectivity index (χ0n) is 16.9. The highest BCUT2D eigenvalue weighted by Gasteiger charge is 2.25. The number of cyclic esters (lactones) is 1. The summed E-state index contributed by atoms with van der Waals surface area (Å²) in [5.41, 5.74) is 2.46. The van der Waals surface area contributed by atoms with Gasteiger partial charge in [0.15, 0.2) is 17.2 Å². The topological polar surface area (TPSA) is 77.4 Å². The Morgan fingerprint density at radius 1 is 1.13 bits per heavy atom. The second-order valence-corrected chi connectivity index (χ2v) is 6.88. The summed E-state index contributed by atoms with van der Waals surface area (Å²) in [4.78, 5) is 30.3. The lowest BCUT2D eigenvalue weighted by atomic mass is 10.1. The first-order chi connectivity index (χ1) is 14.6. The van der Waals surface area contributed by atoms with Crippen molar-refractivity contribution >= 4 is 29.5 Å². The average Bonchev–Trinajstić information content (AvgIpc) is 3.35. The third-order valence-electron chi connectivity index (χ3n) is 4.91. The maximum absolute atomic E-state index is 12.3. The van der Waals surface area contributed by atoms with Crippen LogP contribution in [0.1, 0.15) is 30.9 Å². The van der Waals surface area contributed by atoms with Crippen LogP contribution < -0.4 is 14.4 Å². The minimum Gasteiger partial charge on any atom is -0.493 e. The molecule has 0 aromatic heterocycles. The molecular formula is C23H22N2O5. The molecule has 154 valence electrons. The van der Waals surface area contributed by atoms with E-state index in [-0.39, 0.29) is 17.5 Å². The predicted molar refractivity (Wildman–Crippen MR) is 113 cm³/mol. The summed E-state index contributed by atoms with van der Waals surface area (Å²) < 4.78 is 16.2. The van der Waals surface area contributed by atoms with Gasteiger partial charge in [-0.3, -0.25) is 4.79 Å². The van der Waals surface area contributed by atoms with Gasteiger partial charge in [-0.2, -0.15) is 0 Å². The highest BCUT2D eigenvalue weighted by atomic mass is 16.6. The van der Waals surface area contributed by atoms with Gasteiger partial charge in [0.1, 0.15) is 0 Å². The molecule has 0 saturated carbocycles. The number of hydrogen-bond donors (Lipinski definition) is 0. The maximum atomic E-state index is 12.3. The van der Waals surface area contributed by atoms with E-state index in [2.05, 4.69) is 4.99 Å². The quantitative estimate of drug-likeness (QED) is 0.541. The van der Waals surface area contributed by atoms with Gasteiger partial charge >= 0.3 is 5.97 Å². The Morgan fingerprint density at radius 3 is 2.60 bits per heavy atom. The van der Waals surface area contributed by atoms with E-state index in [1.807, 2.05) is 25.1 Å². The van der Waals surface area contributed by atoms with E-state index in [0.717, 1.165) is 24.2 Å². The first kappa shape index (κ1) is 19.7. The molecule has 1 amide bonds. The van der Waals surface area contributed by atoms with Crippen LogP contribution in [0.3, 0.4) is 0 Å². The molecule has 2 aliphatic heterocycles. The van der Waals surface area contributed by atoms with E-state index in [9.17, 15) is 9.59 Å². The van der Waals surface area contributed by atoms with Gasteiger partial charge in [0.25, 0.3) is 0 Å². The molecule has 7 heteroatoms. The zero-order valence-corrected chi connectivity index (χ0v) is 16.9.